The number of aliphatic hydroxyl groups is 1. The number of imidazole rings is 1. The first kappa shape index (κ1) is 14.4. The molecule has 2 heterocycles. The lowest BCUT2D eigenvalue weighted by Gasteiger charge is -2.30. The molecule has 2 aromatic rings. The van der Waals surface area contributed by atoms with Crippen LogP contribution >= 0.6 is 11.8 Å². The number of hydrogen-bond acceptors (Lipinski definition) is 4. The van der Waals surface area contributed by atoms with E-state index in [0.29, 0.717) is 19.4 Å². The van der Waals surface area contributed by atoms with Crippen LogP contribution < -0.4 is 5.32 Å². The van der Waals surface area contributed by atoms with E-state index in [4.69, 9.17) is 0 Å². The van der Waals surface area contributed by atoms with Gasteiger partial charge >= 0.3 is 0 Å². The van der Waals surface area contributed by atoms with E-state index in [1.807, 2.05) is 35.9 Å². The van der Waals surface area contributed by atoms with Crippen LogP contribution in [-0.4, -0.2) is 37.7 Å². The van der Waals surface area contributed by atoms with Crippen LogP contribution in [0.3, 0.4) is 0 Å². The van der Waals surface area contributed by atoms with E-state index in [0.717, 1.165) is 28.4 Å². The minimum atomic E-state index is -1.21. The fourth-order valence-corrected chi connectivity index (χ4v) is 3.78. The Labute approximate surface area is 127 Å². The van der Waals surface area contributed by atoms with Crippen molar-refractivity contribution in [2.24, 2.45) is 7.05 Å². The van der Waals surface area contributed by atoms with E-state index in [2.05, 4.69) is 10.3 Å². The number of nitrogens with zero attached hydrogens (tertiary/aromatic N) is 2. The number of fused-ring (bicyclic) bond motifs is 1. The predicted molar refractivity (Wildman–Crippen MR) is 84.1 cm³/mol. The molecule has 0 saturated carbocycles. The summed E-state index contributed by atoms with van der Waals surface area (Å²) in [5.41, 5.74) is 0.738. The molecule has 1 saturated heterocycles. The molecule has 5 nitrogen and oxygen atoms in total. The molecule has 1 aliphatic rings. The third kappa shape index (κ3) is 2.78. The number of benzene rings is 1. The Hall–Kier alpha value is -1.53. The van der Waals surface area contributed by atoms with Crippen molar-refractivity contribution in [3.05, 3.63) is 30.1 Å². The number of hydrogen-bond donors (Lipinski definition) is 2. The number of carbonyl (C=O) groups excluding carboxylic acids is 1. The summed E-state index contributed by atoms with van der Waals surface area (Å²) in [7, 11) is 1.93. The molecule has 0 bridgehead atoms. The molecule has 1 aromatic heterocycles. The van der Waals surface area contributed by atoms with Gasteiger partial charge in [-0.05, 0) is 36.5 Å². The minimum Gasteiger partial charge on any atom is -0.380 e. The van der Waals surface area contributed by atoms with Crippen molar-refractivity contribution in [1.82, 2.24) is 14.9 Å². The van der Waals surface area contributed by atoms with Gasteiger partial charge in [-0.15, -0.1) is 0 Å². The van der Waals surface area contributed by atoms with E-state index < -0.39 is 5.60 Å². The van der Waals surface area contributed by atoms with Gasteiger partial charge in [-0.25, -0.2) is 4.98 Å². The first-order chi connectivity index (χ1) is 10.1. The highest BCUT2D eigenvalue weighted by Gasteiger charge is 2.37. The maximum atomic E-state index is 12.2. The topological polar surface area (TPSA) is 67.2 Å². The Morgan fingerprint density at radius 1 is 1.43 bits per heavy atom. The van der Waals surface area contributed by atoms with Crippen molar-refractivity contribution in [2.75, 3.05) is 11.5 Å². The number of aromatic nitrogens is 2. The second-order valence-corrected chi connectivity index (χ2v) is 6.63. The average molecular weight is 305 g/mol. The number of carbonyl (C=O) groups is 1. The van der Waals surface area contributed by atoms with Crippen LogP contribution in [0.1, 0.15) is 18.7 Å². The van der Waals surface area contributed by atoms with Crippen molar-refractivity contribution in [3.8, 4) is 0 Å². The Balaban J connectivity index is 1.71. The molecule has 0 radical (unpaired) electrons. The third-order valence-corrected chi connectivity index (χ3v) is 5.02. The molecule has 1 aliphatic heterocycles. The highest BCUT2D eigenvalue weighted by Crippen LogP contribution is 2.27. The van der Waals surface area contributed by atoms with Crippen molar-refractivity contribution in [3.63, 3.8) is 0 Å². The van der Waals surface area contributed by atoms with Gasteiger partial charge in [0.25, 0.3) is 5.91 Å². The molecule has 112 valence electrons. The van der Waals surface area contributed by atoms with E-state index in [9.17, 15) is 9.90 Å². The molecule has 0 aliphatic carbocycles. The van der Waals surface area contributed by atoms with Gasteiger partial charge < -0.3 is 15.0 Å². The van der Waals surface area contributed by atoms with E-state index in [1.54, 1.807) is 11.8 Å². The minimum absolute atomic E-state index is 0.283. The molecule has 1 amide bonds. The third-order valence-electron chi connectivity index (χ3n) is 4.03. The Kier molecular flexibility index (Phi) is 3.91. The van der Waals surface area contributed by atoms with Crippen molar-refractivity contribution < 1.29 is 9.90 Å². The quantitative estimate of drug-likeness (QED) is 0.900. The van der Waals surface area contributed by atoms with Gasteiger partial charge in [-0.1, -0.05) is 12.1 Å². The molecule has 0 unspecified atom stereocenters. The van der Waals surface area contributed by atoms with Gasteiger partial charge in [0.05, 0.1) is 17.6 Å². The van der Waals surface area contributed by atoms with Crippen molar-refractivity contribution in [1.29, 1.82) is 0 Å². The van der Waals surface area contributed by atoms with Crippen molar-refractivity contribution >= 4 is 28.7 Å². The van der Waals surface area contributed by atoms with Gasteiger partial charge in [0, 0.05) is 7.05 Å². The van der Waals surface area contributed by atoms with Crippen LogP contribution in [0.25, 0.3) is 11.0 Å². The summed E-state index contributed by atoms with van der Waals surface area (Å²) in [5, 5.41) is 13.2. The van der Waals surface area contributed by atoms with Gasteiger partial charge in [0.2, 0.25) is 0 Å². The highest BCUT2D eigenvalue weighted by atomic mass is 32.2. The van der Waals surface area contributed by atoms with Crippen LogP contribution in [-0.2, 0) is 18.4 Å². The molecule has 2 N–H and O–H groups in total. The molecule has 0 spiro atoms. The maximum Gasteiger partial charge on any atom is 0.252 e. The lowest BCUT2D eigenvalue weighted by molar-refractivity contribution is -0.140. The zero-order valence-corrected chi connectivity index (χ0v) is 12.8. The number of aryl methyl sites for hydroxylation is 1. The van der Waals surface area contributed by atoms with Crippen molar-refractivity contribution in [2.45, 2.75) is 25.0 Å². The van der Waals surface area contributed by atoms with Crippen LogP contribution in [0, 0.1) is 0 Å². The largest absolute Gasteiger partial charge is 0.380 e. The summed E-state index contributed by atoms with van der Waals surface area (Å²) in [5.74, 6) is 2.17. The van der Waals surface area contributed by atoms with E-state index >= 15 is 0 Å². The number of rotatable bonds is 3. The van der Waals surface area contributed by atoms with Gasteiger partial charge in [-0.3, -0.25) is 4.79 Å². The smallest absolute Gasteiger partial charge is 0.252 e. The molecular formula is C15H19N3O2S. The zero-order chi connectivity index (χ0) is 14.9. The second-order valence-electron chi connectivity index (χ2n) is 5.40. The lowest BCUT2D eigenvalue weighted by Crippen LogP contribution is -2.49. The molecule has 0 atom stereocenters. The predicted octanol–water partition coefficient (Wildman–Crippen LogP) is 1.45. The summed E-state index contributed by atoms with van der Waals surface area (Å²) < 4.78 is 1.97. The number of nitrogens with one attached hydrogen (secondary N) is 1. The van der Waals surface area contributed by atoms with E-state index in [1.165, 1.54) is 0 Å². The fourth-order valence-electron chi connectivity index (χ4n) is 2.61. The lowest BCUT2D eigenvalue weighted by atomic mass is 9.96. The SMILES string of the molecule is Cn1c(CNC(=O)C2(O)CCSCC2)nc2ccccc21. The van der Waals surface area contributed by atoms with Crippen LogP contribution in [0.15, 0.2) is 24.3 Å². The van der Waals surface area contributed by atoms with Crippen LogP contribution in [0.2, 0.25) is 0 Å². The number of thioether (sulfide) groups is 1. The molecular weight excluding hydrogens is 286 g/mol. The fraction of sp³-hybridized carbons (Fsp3) is 0.467. The molecule has 6 heteroatoms. The monoisotopic (exact) mass is 305 g/mol. The summed E-state index contributed by atoms with van der Waals surface area (Å²) in [6.45, 7) is 0.333. The average Bonchev–Trinajstić information content (AvgIpc) is 2.82. The molecule has 1 fully saturated rings. The van der Waals surface area contributed by atoms with Gasteiger partial charge in [0.15, 0.2) is 0 Å². The van der Waals surface area contributed by atoms with Gasteiger partial charge in [-0.2, -0.15) is 11.8 Å². The maximum absolute atomic E-state index is 12.2. The first-order valence-electron chi connectivity index (χ1n) is 7.09. The summed E-state index contributed by atoms with van der Waals surface area (Å²) in [6.07, 6.45) is 1.04. The molecule has 21 heavy (non-hydrogen) atoms. The van der Waals surface area contributed by atoms with E-state index in [-0.39, 0.29) is 5.91 Å². The first-order valence-corrected chi connectivity index (χ1v) is 8.24. The normalized spacial score (nSPS) is 17.8. The highest BCUT2D eigenvalue weighted by molar-refractivity contribution is 7.99. The number of para-hydroxylation sites is 2. The van der Waals surface area contributed by atoms with Gasteiger partial charge in [0.1, 0.15) is 11.4 Å². The Bertz CT molecular complexity index is 662. The molecule has 1 aromatic carbocycles. The number of amides is 1. The second kappa shape index (κ2) is 5.69. The summed E-state index contributed by atoms with van der Waals surface area (Å²) >= 11 is 1.78. The van der Waals surface area contributed by atoms with Crippen LogP contribution in [0.4, 0.5) is 0 Å². The Morgan fingerprint density at radius 3 is 2.86 bits per heavy atom. The summed E-state index contributed by atoms with van der Waals surface area (Å²) in [6, 6.07) is 7.86. The summed E-state index contributed by atoms with van der Waals surface area (Å²) in [4.78, 5) is 16.7. The Morgan fingerprint density at radius 2 is 2.14 bits per heavy atom. The van der Waals surface area contributed by atoms with Crippen LogP contribution in [0.5, 0.6) is 0 Å². The standard InChI is InChI=1S/C15H19N3O2S/c1-18-12-5-3-2-4-11(12)17-13(18)10-16-14(19)15(20)6-8-21-9-7-15/h2-5,20H,6-10H2,1H3,(H,16,19). The zero-order valence-electron chi connectivity index (χ0n) is 12.0. The molecule has 3 rings (SSSR count).